The van der Waals surface area contributed by atoms with E-state index in [-0.39, 0.29) is 10.9 Å². The van der Waals surface area contributed by atoms with Crippen LogP contribution in [0.2, 0.25) is 0 Å². The van der Waals surface area contributed by atoms with Gasteiger partial charge in [0.1, 0.15) is 0 Å². The van der Waals surface area contributed by atoms with E-state index in [0.717, 1.165) is 16.7 Å². The summed E-state index contributed by atoms with van der Waals surface area (Å²) in [5.41, 5.74) is 3.92. The van der Waals surface area contributed by atoms with E-state index in [0.29, 0.717) is 25.3 Å². The first-order valence-electron chi connectivity index (χ1n) is 9.43. The molecule has 0 N–H and O–H groups in total. The van der Waals surface area contributed by atoms with Crippen molar-refractivity contribution in [3.8, 4) is 11.1 Å². The van der Waals surface area contributed by atoms with Gasteiger partial charge in [-0.3, -0.25) is 4.90 Å². The minimum atomic E-state index is -3.32. The Labute approximate surface area is 171 Å². The van der Waals surface area contributed by atoms with Crippen LogP contribution in [0.15, 0.2) is 83.8 Å². The highest BCUT2D eigenvalue weighted by Crippen LogP contribution is 2.28. The van der Waals surface area contributed by atoms with Crippen LogP contribution in [0.5, 0.6) is 0 Å². The molecule has 0 aromatic heterocycles. The van der Waals surface area contributed by atoms with E-state index < -0.39 is 9.84 Å². The zero-order valence-corrected chi connectivity index (χ0v) is 17.0. The Balaban J connectivity index is 1.57. The number of amides is 2. The molecule has 29 heavy (non-hydrogen) atoms. The number of anilines is 1. The molecular weight excluding hydrogens is 384 g/mol. The lowest BCUT2D eigenvalue weighted by Crippen LogP contribution is -2.31. The van der Waals surface area contributed by atoms with E-state index in [4.69, 9.17) is 0 Å². The Kier molecular flexibility index (Phi) is 5.11. The fourth-order valence-electron chi connectivity index (χ4n) is 3.61. The van der Waals surface area contributed by atoms with Gasteiger partial charge in [0.15, 0.2) is 9.84 Å². The molecular formula is C23H22N2O3S. The molecule has 0 radical (unpaired) electrons. The highest BCUT2D eigenvalue weighted by molar-refractivity contribution is 7.90. The highest BCUT2D eigenvalue weighted by Gasteiger charge is 2.30. The first-order chi connectivity index (χ1) is 13.9. The molecule has 5 nitrogen and oxygen atoms in total. The summed E-state index contributed by atoms with van der Waals surface area (Å²) in [6, 6.07) is 24.7. The minimum Gasteiger partial charge on any atom is -0.318 e. The first kappa shape index (κ1) is 19.2. The molecule has 0 saturated carbocycles. The third-order valence-corrected chi connectivity index (χ3v) is 6.23. The molecule has 6 heteroatoms. The number of hydrogen-bond donors (Lipinski definition) is 0. The number of rotatable bonds is 5. The summed E-state index contributed by atoms with van der Waals surface area (Å²) < 4.78 is 23.7. The SMILES string of the molecule is CS(=O)(=O)c1cccc(N2CCN(Cc3ccccc3-c3ccccc3)C2=O)c1. The molecule has 0 spiro atoms. The molecule has 0 aliphatic carbocycles. The van der Waals surface area contributed by atoms with Gasteiger partial charge >= 0.3 is 6.03 Å². The molecule has 3 aromatic carbocycles. The van der Waals surface area contributed by atoms with Crippen LogP contribution < -0.4 is 4.90 Å². The van der Waals surface area contributed by atoms with E-state index in [1.807, 2.05) is 36.4 Å². The van der Waals surface area contributed by atoms with Crippen molar-refractivity contribution in [2.24, 2.45) is 0 Å². The van der Waals surface area contributed by atoms with Crippen LogP contribution in [0.25, 0.3) is 11.1 Å². The zero-order valence-electron chi connectivity index (χ0n) is 16.2. The molecule has 0 unspecified atom stereocenters. The lowest BCUT2D eigenvalue weighted by atomic mass is 9.99. The van der Waals surface area contributed by atoms with Gasteiger partial charge in [0.2, 0.25) is 0 Å². The fourth-order valence-corrected chi connectivity index (χ4v) is 4.27. The van der Waals surface area contributed by atoms with Crippen LogP contribution in [-0.4, -0.2) is 38.7 Å². The second-order valence-corrected chi connectivity index (χ2v) is 9.16. The Morgan fingerprint density at radius 3 is 2.34 bits per heavy atom. The number of sulfone groups is 1. The van der Waals surface area contributed by atoms with Gasteiger partial charge in [0, 0.05) is 31.6 Å². The average molecular weight is 407 g/mol. The standard InChI is InChI=1S/C23H22N2O3S/c1-29(27,28)21-12-7-11-20(16-21)25-15-14-24(23(25)26)17-19-10-5-6-13-22(19)18-8-3-2-4-9-18/h2-13,16H,14-15,17H2,1H3. The lowest BCUT2D eigenvalue weighted by molar-refractivity contribution is 0.219. The van der Waals surface area contributed by atoms with Crippen LogP contribution in [0.1, 0.15) is 5.56 Å². The number of hydrogen-bond acceptors (Lipinski definition) is 3. The molecule has 1 saturated heterocycles. The minimum absolute atomic E-state index is 0.112. The van der Waals surface area contributed by atoms with Gasteiger partial charge in [-0.1, -0.05) is 60.7 Å². The molecule has 0 bridgehead atoms. The normalized spacial score (nSPS) is 14.4. The van der Waals surface area contributed by atoms with Gasteiger partial charge in [0.25, 0.3) is 0 Å². The van der Waals surface area contributed by atoms with Crippen molar-refractivity contribution in [2.75, 3.05) is 24.2 Å². The molecule has 2 amide bonds. The van der Waals surface area contributed by atoms with Gasteiger partial charge < -0.3 is 4.90 Å². The third kappa shape index (κ3) is 4.03. The predicted molar refractivity (Wildman–Crippen MR) is 115 cm³/mol. The number of urea groups is 1. The molecule has 3 aromatic rings. The molecule has 1 aliphatic heterocycles. The van der Waals surface area contributed by atoms with Crippen LogP contribution in [0.4, 0.5) is 10.5 Å². The van der Waals surface area contributed by atoms with Crippen molar-refractivity contribution in [1.82, 2.24) is 4.90 Å². The maximum Gasteiger partial charge on any atom is 0.324 e. The van der Waals surface area contributed by atoms with Crippen molar-refractivity contribution < 1.29 is 13.2 Å². The number of carbonyl (C=O) groups excluding carboxylic acids is 1. The van der Waals surface area contributed by atoms with Crippen LogP contribution >= 0.6 is 0 Å². The summed E-state index contributed by atoms with van der Waals surface area (Å²) in [6.45, 7) is 1.62. The summed E-state index contributed by atoms with van der Waals surface area (Å²) in [4.78, 5) is 16.7. The number of benzene rings is 3. The van der Waals surface area contributed by atoms with Crippen molar-refractivity contribution in [3.05, 3.63) is 84.4 Å². The average Bonchev–Trinajstić information content (AvgIpc) is 3.09. The Morgan fingerprint density at radius 1 is 0.862 bits per heavy atom. The third-order valence-electron chi connectivity index (χ3n) is 5.12. The monoisotopic (exact) mass is 406 g/mol. The van der Waals surface area contributed by atoms with Crippen molar-refractivity contribution >= 4 is 21.6 Å². The van der Waals surface area contributed by atoms with E-state index in [1.165, 1.54) is 6.26 Å². The summed E-state index contributed by atoms with van der Waals surface area (Å²) >= 11 is 0. The Bertz CT molecular complexity index is 1140. The van der Waals surface area contributed by atoms with Crippen molar-refractivity contribution in [2.45, 2.75) is 11.4 Å². The Hall–Kier alpha value is -3.12. The van der Waals surface area contributed by atoms with Gasteiger partial charge in [0.05, 0.1) is 4.90 Å². The Morgan fingerprint density at radius 2 is 1.59 bits per heavy atom. The van der Waals surface area contributed by atoms with Crippen molar-refractivity contribution in [3.63, 3.8) is 0 Å². The predicted octanol–water partition coefficient (Wildman–Crippen LogP) is 4.20. The fraction of sp³-hybridized carbons (Fsp3) is 0.174. The second-order valence-electron chi connectivity index (χ2n) is 7.15. The molecule has 4 rings (SSSR count). The second kappa shape index (κ2) is 7.72. The van der Waals surface area contributed by atoms with Crippen molar-refractivity contribution in [1.29, 1.82) is 0 Å². The number of carbonyl (C=O) groups is 1. The van der Waals surface area contributed by atoms with Crippen LogP contribution in [-0.2, 0) is 16.4 Å². The highest BCUT2D eigenvalue weighted by atomic mass is 32.2. The quantitative estimate of drug-likeness (QED) is 0.638. The molecule has 1 fully saturated rings. The summed E-state index contributed by atoms with van der Waals surface area (Å²) in [5, 5.41) is 0. The molecule has 148 valence electrons. The lowest BCUT2D eigenvalue weighted by Gasteiger charge is -2.20. The first-order valence-corrected chi connectivity index (χ1v) is 11.3. The molecule has 0 atom stereocenters. The van der Waals surface area contributed by atoms with Crippen LogP contribution in [0, 0.1) is 0 Å². The summed E-state index contributed by atoms with van der Waals surface area (Å²) in [5.74, 6) is 0. The topological polar surface area (TPSA) is 57.7 Å². The maximum atomic E-state index is 13.0. The van der Waals surface area contributed by atoms with Gasteiger partial charge in [-0.25, -0.2) is 13.2 Å². The van der Waals surface area contributed by atoms with Gasteiger partial charge in [-0.2, -0.15) is 0 Å². The van der Waals surface area contributed by atoms with E-state index in [2.05, 4.69) is 18.2 Å². The van der Waals surface area contributed by atoms with E-state index >= 15 is 0 Å². The van der Waals surface area contributed by atoms with Gasteiger partial charge in [-0.15, -0.1) is 0 Å². The van der Waals surface area contributed by atoms with E-state index in [9.17, 15) is 13.2 Å². The number of nitrogens with zero attached hydrogens (tertiary/aromatic N) is 2. The van der Waals surface area contributed by atoms with Gasteiger partial charge in [-0.05, 0) is 34.9 Å². The van der Waals surface area contributed by atoms with Crippen LogP contribution in [0.3, 0.4) is 0 Å². The van der Waals surface area contributed by atoms with E-state index in [1.54, 1.807) is 34.1 Å². The smallest absolute Gasteiger partial charge is 0.318 e. The largest absolute Gasteiger partial charge is 0.324 e. The molecule has 1 aliphatic rings. The summed E-state index contributed by atoms with van der Waals surface area (Å²) in [7, 11) is -3.32. The maximum absolute atomic E-state index is 13.0. The zero-order chi connectivity index (χ0) is 20.4. The summed E-state index contributed by atoms with van der Waals surface area (Å²) in [6.07, 6.45) is 1.17. The molecule has 1 heterocycles.